The van der Waals surface area contributed by atoms with Gasteiger partial charge in [-0.25, -0.2) is 0 Å². The molecule has 7 rings (SSSR count). The molecule has 0 saturated carbocycles. The molecule has 31 heavy (non-hydrogen) atoms. The van der Waals surface area contributed by atoms with Gasteiger partial charge in [-0.15, -0.1) is 0 Å². The third-order valence-electron chi connectivity index (χ3n) is 6.02. The predicted octanol–water partition coefficient (Wildman–Crippen LogP) is 8.26. The summed E-state index contributed by atoms with van der Waals surface area (Å²) in [5.41, 5.74) is 6.13. The average Bonchev–Trinajstić information content (AvgIpc) is 3.17. The Hall–Kier alpha value is -4.24. The number of para-hydroxylation sites is 1. The van der Waals surface area contributed by atoms with Gasteiger partial charge in [-0.2, -0.15) is 0 Å². The predicted molar refractivity (Wildman–Crippen MR) is 126 cm³/mol. The zero-order valence-corrected chi connectivity index (χ0v) is 16.6. The fourth-order valence-corrected chi connectivity index (χ4v) is 4.61. The number of fused-ring (bicyclic) bond motifs is 5. The lowest BCUT2D eigenvalue weighted by Gasteiger charge is -2.22. The molecular weight excluding hydrogens is 382 g/mol. The molecule has 0 spiro atoms. The Morgan fingerprint density at radius 3 is 2.32 bits per heavy atom. The Balaban J connectivity index is 1.30. The minimum absolute atomic E-state index is 0.867. The van der Waals surface area contributed by atoms with E-state index in [4.69, 9.17) is 9.15 Å². The highest BCUT2D eigenvalue weighted by atomic mass is 16.5. The maximum Gasteiger partial charge on any atom is 0.137 e. The van der Waals surface area contributed by atoms with Crippen molar-refractivity contribution in [3.05, 3.63) is 97.1 Å². The summed E-state index contributed by atoms with van der Waals surface area (Å²) in [7, 11) is 0. The summed E-state index contributed by atoms with van der Waals surface area (Å²) >= 11 is 0. The molecule has 0 unspecified atom stereocenters. The lowest BCUT2D eigenvalue weighted by atomic mass is 9.94. The Labute approximate surface area is 178 Å². The van der Waals surface area contributed by atoms with Crippen LogP contribution < -0.4 is 10.1 Å². The van der Waals surface area contributed by atoms with Gasteiger partial charge in [-0.3, -0.25) is 0 Å². The van der Waals surface area contributed by atoms with E-state index in [-0.39, 0.29) is 0 Å². The third kappa shape index (κ3) is 2.47. The van der Waals surface area contributed by atoms with Crippen LogP contribution in [-0.2, 0) is 0 Å². The quantitative estimate of drug-likeness (QED) is 0.318. The average molecular weight is 399 g/mol. The van der Waals surface area contributed by atoms with Gasteiger partial charge in [0.1, 0.15) is 22.7 Å². The topological polar surface area (TPSA) is 34.4 Å². The normalized spacial score (nSPS) is 12.1. The second-order valence-electron chi connectivity index (χ2n) is 7.91. The zero-order chi connectivity index (χ0) is 20.4. The van der Waals surface area contributed by atoms with Gasteiger partial charge in [0, 0.05) is 39.2 Å². The van der Waals surface area contributed by atoms with E-state index in [2.05, 4.69) is 59.9 Å². The molecule has 3 heteroatoms. The smallest absolute Gasteiger partial charge is 0.137 e. The molecule has 146 valence electrons. The summed E-state index contributed by atoms with van der Waals surface area (Å²) in [4.78, 5) is 0. The van der Waals surface area contributed by atoms with Gasteiger partial charge in [0.25, 0.3) is 0 Å². The highest BCUT2D eigenvalue weighted by Crippen LogP contribution is 2.47. The van der Waals surface area contributed by atoms with Gasteiger partial charge in [-0.1, -0.05) is 48.5 Å². The summed E-state index contributed by atoms with van der Waals surface area (Å²) in [6.45, 7) is 0. The van der Waals surface area contributed by atoms with Crippen molar-refractivity contribution in [1.82, 2.24) is 0 Å². The van der Waals surface area contributed by atoms with Crippen LogP contribution in [0.25, 0.3) is 43.8 Å². The van der Waals surface area contributed by atoms with Crippen molar-refractivity contribution in [2.75, 3.05) is 5.32 Å². The third-order valence-corrected chi connectivity index (χ3v) is 6.02. The van der Waals surface area contributed by atoms with Gasteiger partial charge in [0.05, 0.1) is 0 Å². The van der Waals surface area contributed by atoms with Crippen molar-refractivity contribution in [2.45, 2.75) is 0 Å². The fourth-order valence-electron chi connectivity index (χ4n) is 4.61. The first-order valence-corrected chi connectivity index (χ1v) is 10.4. The maximum atomic E-state index is 6.29. The van der Waals surface area contributed by atoms with E-state index in [1.165, 1.54) is 16.3 Å². The van der Waals surface area contributed by atoms with Crippen LogP contribution in [-0.4, -0.2) is 0 Å². The van der Waals surface area contributed by atoms with E-state index in [1.54, 1.807) is 0 Å². The van der Waals surface area contributed by atoms with Gasteiger partial charge in [0.2, 0.25) is 0 Å². The van der Waals surface area contributed by atoms with E-state index in [1.807, 2.05) is 42.5 Å². The molecule has 0 amide bonds. The Kier molecular flexibility index (Phi) is 3.27. The van der Waals surface area contributed by atoms with Crippen LogP contribution in [0, 0.1) is 0 Å². The van der Waals surface area contributed by atoms with Crippen molar-refractivity contribution in [1.29, 1.82) is 0 Å². The molecule has 3 nitrogen and oxygen atoms in total. The van der Waals surface area contributed by atoms with Crippen LogP contribution >= 0.6 is 0 Å². The number of furan rings is 1. The first kappa shape index (κ1) is 16.5. The van der Waals surface area contributed by atoms with Gasteiger partial charge in [0.15, 0.2) is 0 Å². The number of anilines is 2. The van der Waals surface area contributed by atoms with E-state index >= 15 is 0 Å². The molecular formula is C28H17NO2. The summed E-state index contributed by atoms with van der Waals surface area (Å²) in [6.07, 6.45) is 0. The van der Waals surface area contributed by atoms with Crippen molar-refractivity contribution in [3.8, 4) is 22.6 Å². The maximum absolute atomic E-state index is 6.29. The molecule has 2 heterocycles. The van der Waals surface area contributed by atoms with Gasteiger partial charge >= 0.3 is 0 Å². The largest absolute Gasteiger partial charge is 0.456 e. The van der Waals surface area contributed by atoms with Crippen LogP contribution in [0.4, 0.5) is 11.4 Å². The molecule has 1 aromatic heterocycles. The molecule has 0 aliphatic carbocycles. The van der Waals surface area contributed by atoms with Crippen LogP contribution in [0.5, 0.6) is 11.5 Å². The minimum atomic E-state index is 0.867. The van der Waals surface area contributed by atoms with Crippen LogP contribution in [0.3, 0.4) is 0 Å². The van der Waals surface area contributed by atoms with Crippen molar-refractivity contribution < 1.29 is 9.15 Å². The van der Waals surface area contributed by atoms with E-state index in [0.717, 1.165) is 50.4 Å². The molecule has 0 saturated heterocycles. The standard InChI is InChI=1S/C28H17NO2/c1-2-9-24-20(7-1)23-15-18(12-14-25(23)30-24)29-19-11-13-21-22-8-3-5-17-6-4-10-26(28(17)22)31-27(21)16-19/h1-16,29H. The number of nitrogens with one attached hydrogen (secondary N) is 1. The van der Waals surface area contributed by atoms with Gasteiger partial charge in [-0.05, 0) is 53.4 Å². The van der Waals surface area contributed by atoms with Crippen LogP contribution in [0.15, 0.2) is 101 Å². The molecule has 0 bridgehead atoms. The molecule has 0 fully saturated rings. The van der Waals surface area contributed by atoms with Crippen LogP contribution in [0.2, 0.25) is 0 Å². The number of rotatable bonds is 2. The van der Waals surface area contributed by atoms with Crippen molar-refractivity contribution in [2.24, 2.45) is 0 Å². The number of ether oxygens (including phenoxy) is 1. The van der Waals surface area contributed by atoms with Crippen molar-refractivity contribution in [3.63, 3.8) is 0 Å². The first-order valence-electron chi connectivity index (χ1n) is 10.4. The van der Waals surface area contributed by atoms with Crippen LogP contribution in [0.1, 0.15) is 0 Å². The molecule has 5 aromatic carbocycles. The number of benzene rings is 5. The SMILES string of the molecule is c1cc2c3c(cccc3c1)-c1ccc(Nc3ccc4oc5ccccc5c4c3)cc1O2. The molecule has 1 aliphatic rings. The second-order valence-corrected chi connectivity index (χ2v) is 7.91. The molecule has 1 N–H and O–H groups in total. The lowest BCUT2D eigenvalue weighted by molar-refractivity contribution is 0.487. The fraction of sp³-hybridized carbons (Fsp3) is 0. The summed E-state index contributed by atoms with van der Waals surface area (Å²) in [6, 6.07) is 33.2. The summed E-state index contributed by atoms with van der Waals surface area (Å²) < 4.78 is 12.2. The lowest BCUT2D eigenvalue weighted by Crippen LogP contribution is -1.98. The minimum Gasteiger partial charge on any atom is -0.456 e. The van der Waals surface area contributed by atoms with E-state index < -0.39 is 0 Å². The number of hydrogen-bond donors (Lipinski definition) is 1. The van der Waals surface area contributed by atoms with E-state index in [0.29, 0.717) is 0 Å². The highest BCUT2D eigenvalue weighted by Gasteiger charge is 2.20. The number of hydrogen-bond acceptors (Lipinski definition) is 3. The first-order chi connectivity index (χ1) is 15.3. The molecule has 0 atom stereocenters. The molecule has 6 aromatic rings. The summed E-state index contributed by atoms with van der Waals surface area (Å²) in [5.74, 6) is 1.77. The monoisotopic (exact) mass is 399 g/mol. The molecule has 0 radical (unpaired) electrons. The highest BCUT2D eigenvalue weighted by molar-refractivity contribution is 6.06. The van der Waals surface area contributed by atoms with Gasteiger partial charge < -0.3 is 14.5 Å². The Bertz CT molecular complexity index is 1640. The molecule has 1 aliphatic heterocycles. The Morgan fingerprint density at radius 2 is 1.35 bits per heavy atom. The second kappa shape index (κ2) is 6.13. The van der Waals surface area contributed by atoms with E-state index in [9.17, 15) is 0 Å². The Morgan fingerprint density at radius 1 is 0.548 bits per heavy atom. The summed E-state index contributed by atoms with van der Waals surface area (Å²) in [5, 5.41) is 8.13. The van der Waals surface area contributed by atoms with Crippen molar-refractivity contribution >= 4 is 44.1 Å². The zero-order valence-electron chi connectivity index (χ0n) is 16.6.